The van der Waals surface area contributed by atoms with Gasteiger partial charge in [-0.15, -0.1) is 0 Å². The van der Waals surface area contributed by atoms with Crippen molar-refractivity contribution in [3.63, 3.8) is 0 Å². The van der Waals surface area contributed by atoms with E-state index in [4.69, 9.17) is 4.74 Å². The first-order chi connectivity index (χ1) is 13.3. The van der Waals surface area contributed by atoms with Gasteiger partial charge in [-0.05, 0) is 55.3 Å². The third-order valence-corrected chi connectivity index (χ3v) is 6.09. The van der Waals surface area contributed by atoms with E-state index in [1.165, 1.54) is 18.2 Å². The van der Waals surface area contributed by atoms with Crippen LogP contribution in [0.4, 0.5) is 17.1 Å². The van der Waals surface area contributed by atoms with Gasteiger partial charge in [-0.1, -0.05) is 0 Å². The van der Waals surface area contributed by atoms with Crippen LogP contribution in [0.3, 0.4) is 0 Å². The number of aryl methyl sites for hydroxylation is 1. The molecule has 4 rings (SSSR count). The molecule has 2 aromatic carbocycles. The van der Waals surface area contributed by atoms with Crippen LogP contribution in [0.25, 0.3) is 0 Å². The van der Waals surface area contributed by atoms with E-state index in [9.17, 15) is 18.0 Å². The maximum Gasteiger partial charge on any atom is 0.262 e. The molecule has 0 bridgehead atoms. The summed E-state index contributed by atoms with van der Waals surface area (Å²) in [6.07, 6.45) is 1.36. The Morgan fingerprint density at radius 1 is 1.14 bits per heavy atom. The molecular weight excluding hydrogens is 382 g/mol. The second-order valence-electron chi connectivity index (χ2n) is 6.75. The zero-order valence-electron chi connectivity index (χ0n) is 15.2. The highest BCUT2D eigenvalue weighted by Gasteiger charge is 2.24. The van der Waals surface area contributed by atoms with Gasteiger partial charge in [-0.2, -0.15) is 0 Å². The average Bonchev–Trinajstić information content (AvgIpc) is 3.06. The molecular formula is C19H19N3O5S. The van der Waals surface area contributed by atoms with E-state index in [-0.39, 0.29) is 23.3 Å². The highest BCUT2D eigenvalue weighted by molar-refractivity contribution is 7.92. The molecule has 0 unspecified atom stereocenters. The number of nitrogens with one attached hydrogen (secondary N) is 2. The molecule has 2 aromatic rings. The lowest BCUT2D eigenvalue weighted by Crippen LogP contribution is -2.25. The maximum absolute atomic E-state index is 12.7. The second-order valence-corrected chi connectivity index (χ2v) is 8.43. The number of carbonyl (C=O) groups excluding carboxylic acids is 2. The third kappa shape index (κ3) is 3.40. The Bertz CT molecular complexity index is 1080. The molecule has 28 heavy (non-hydrogen) atoms. The van der Waals surface area contributed by atoms with Crippen LogP contribution in [-0.4, -0.2) is 33.4 Å². The number of fused-ring (bicyclic) bond motifs is 1. The SMILES string of the molecule is Cc1cc(NS(=O)(=O)c2ccc3c(c2)NC(=O)CO3)ccc1N1CCCC1=O. The van der Waals surface area contributed by atoms with E-state index < -0.39 is 10.0 Å². The van der Waals surface area contributed by atoms with Crippen molar-refractivity contribution in [2.24, 2.45) is 0 Å². The smallest absolute Gasteiger partial charge is 0.262 e. The number of benzene rings is 2. The molecule has 1 saturated heterocycles. The van der Waals surface area contributed by atoms with Crippen LogP contribution in [0.2, 0.25) is 0 Å². The largest absolute Gasteiger partial charge is 0.482 e. The summed E-state index contributed by atoms with van der Waals surface area (Å²) in [6.45, 7) is 2.42. The van der Waals surface area contributed by atoms with Crippen LogP contribution in [0.1, 0.15) is 18.4 Å². The summed E-state index contributed by atoms with van der Waals surface area (Å²) >= 11 is 0. The Morgan fingerprint density at radius 3 is 2.68 bits per heavy atom. The van der Waals surface area contributed by atoms with Crippen molar-refractivity contribution in [1.29, 1.82) is 0 Å². The van der Waals surface area contributed by atoms with Crippen LogP contribution in [-0.2, 0) is 19.6 Å². The Balaban J connectivity index is 1.58. The molecule has 2 N–H and O–H groups in total. The van der Waals surface area contributed by atoms with Crippen molar-refractivity contribution in [3.8, 4) is 5.75 Å². The Kier molecular flexibility index (Phi) is 4.46. The summed E-state index contributed by atoms with van der Waals surface area (Å²) in [6, 6.07) is 9.37. The van der Waals surface area contributed by atoms with Crippen LogP contribution < -0.4 is 19.7 Å². The number of nitrogens with zero attached hydrogens (tertiary/aromatic N) is 1. The number of ether oxygens (including phenoxy) is 1. The standard InChI is InChI=1S/C19H19N3O5S/c1-12-9-13(4-6-16(12)22-8-2-3-19(22)24)21-28(25,26)14-5-7-17-15(10-14)20-18(23)11-27-17/h4-7,9-10,21H,2-3,8,11H2,1H3,(H,20,23). The van der Waals surface area contributed by atoms with Crippen molar-refractivity contribution >= 4 is 38.9 Å². The van der Waals surface area contributed by atoms with Crippen LogP contribution in [0.15, 0.2) is 41.3 Å². The Labute approximate surface area is 162 Å². The fourth-order valence-corrected chi connectivity index (χ4v) is 4.44. The number of anilines is 3. The van der Waals surface area contributed by atoms with Gasteiger partial charge in [0.25, 0.3) is 15.9 Å². The zero-order chi connectivity index (χ0) is 19.9. The summed E-state index contributed by atoms with van der Waals surface area (Å²) in [5.41, 5.74) is 2.31. The summed E-state index contributed by atoms with van der Waals surface area (Å²) in [5.74, 6) is 0.168. The molecule has 2 heterocycles. The third-order valence-electron chi connectivity index (χ3n) is 4.71. The van der Waals surface area contributed by atoms with Gasteiger partial charge in [0.1, 0.15) is 5.75 Å². The van der Waals surface area contributed by atoms with Crippen LogP contribution in [0, 0.1) is 6.92 Å². The quantitative estimate of drug-likeness (QED) is 0.818. The van der Waals surface area contributed by atoms with Gasteiger partial charge in [0.05, 0.1) is 10.6 Å². The van der Waals surface area contributed by atoms with E-state index in [0.717, 1.165) is 17.7 Å². The van der Waals surface area contributed by atoms with Gasteiger partial charge in [0.2, 0.25) is 5.91 Å². The van der Waals surface area contributed by atoms with Crippen molar-refractivity contribution in [2.75, 3.05) is 28.1 Å². The Hall–Kier alpha value is -3.07. The molecule has 146 valence electrons. The summed E-state index contributed by atoms with van der Waals surface area (Å²) < 4.78 is 33.3. The molecule has 0 aromatic heterocycles. The number of hydrogen-bond acceptors (Lipinski definition) is 5. The fourth-order valence-electron chi connectivity index (χ4n) is 3.37. The van der Waals surface area contributed by atoms with E-state index in [0.29, 0.717) is 30.1 Å². The van der Waals surface area contributed by atoms with Gasteiger partial charge in [0.15, 0.2) is 6.61 Å². The number of sulfonamides is 1. The number of carbonyl (C=O) groups is 2. The lowest BCUT2D eigenvalue weighted by Gasteiger charge is -2.20. The van der Waals surface area contributed by atoms with Crippen molar-refractivity contribution in [2.45, 2.75) is 24.7 Å². The molecule has 0 spiro atoms. The first-order valence-electron chi connectivity index (χ1n) is 8.84. The lowest BCUT2D eigenvalue weighted by atomic mass is 10.1. The lowest BCUT2D eigenvalue weighted by molar-refractivity contribution is -0.119. The predicted octanol–water partition coefficient (Wildman–Crippen LogP) is 2.25. The van der Waals surface area contributed by atoms with Gasteiger partial charge in [0, 0.05) is 24.3 Å². The normalized spacial score (nSPS) is 16.4. The summed E-state index contributed by atoms with van der Waals surface area (Å²) in [5, 5.41) is 2.59. The van der Waals surface area contributed by atoms with Crippen molar-refractivity contribution in [1.82, 2.24) is 0 Å². The van der Waals surface area contributed by atoms with Gasteiger partial charge in [-0.3, -0.25) is 14.3 Å². The first kappa shape index (κ1) is 18.3. The van der Waals surface area contributed by atoms with Crippen LogP contribution >= 0.6 is 0 Å². The van der Waals surface area contributed by atoms with E-state index in [1.807, 2.05) is 6.92 Å². The van der Waals surface area contributed by atoms with Gasteiger partial charge in [-0.25, -0.2) is 8.42 Å². The summed E-state index contributed by atoms with van der Waals surface area (Å²) in [7, 11) is -3.86. The van der Waals surface area contributed by atoms with Crippen molar-refractivity contribution in [3.05, 3.63) is 42.0 Å². The average molecular weight is 401 g/mol. The Morgan fingerprint density at radius 2 is 1.96 bits per heavy atom. The molecule has 2 aliphatic rings. The molecule has 1 fully saturated rings. The summed E-state index contributed by atoms with van der Waals surface area (Å²) in [4.78, 5) is 25.1. The molecule has 2 amide bonds. The predicted molar refractivity (Wildman–Crippen MR) is 104 cm³/mol. The number of amides is 2. The maximum atomic E-state index is 12.7. The minimum atomic E-state index is -3.86. The molecule has 9 heteroatoms. The van der Waals surface area contributed by atoms with Crippen molar-refractivity contribution < 1.29 is 22.7 Å². The molecule has 0 saturated carbocycles. The van der Waals surface area contributed by atoms with E-state index >= 15 is 0 Å². The first-order valence-corrected chi connectivity index (χ1v) is 10.3. The molecule has 2 aliphatic heterocycles. The minimum absolute atomic E-state index is 0.00787. The zero-order valence-corrected chi connectivity index (χ0v) is 16.0. The van der Waals surface area contributed by atoms with E-state index in [1.54, 1.807) is 23.1 Å². The van der Waals surface area contributed by atoms with Gasteiger partial charge >= 0.3 is 0 Å². The second kappa shape index (κ2) is 6.83. The van der Waals surface area contributed by atoms with Crippen LogP contribution in [0.5, 0.6) is 5.75 Å². The number of rotatable bonds is 4. The molecule has 8 nitrogen and oxygen atoms in total. The molecule has 0 aliphatic carbocycles. The monoisotopic (exact) mass is 401 g/mol. The van der Waals surface area contributed by atoms with Gasteiger partial charge < -0.3 is 15.0 Å². The fraction of sp³-hybridized carbons (Fsp3) is 0.263. The number of hydrogen-bond donors (Lipinski definition) is 2. The topological polar surface area (TPSA) is 105 Å². The highest BCUT2D eigenvalue weighted by Crippen LogP contribution is 2.32. The molecule has 0 atom stereocenters. The molecule has 0 radical (unpaired) electrons. The minimum Gasteiger partial charge on any atom is -0.482 e. The van der Waals surface area contributed by atoms with E-state index in [2.05, 4.69) is 10.0 Å². The highest BCUT2D eigenvalue weighted by atomic mass is 32.2.